The summed E-state index contributed by atoms with van der Waals surface area (Å²) in [6.45, 7) is 6.08. The maximum atomic E-state index is 13.1. The summed E-state index contributed by atoms with van der Waals surface area (Å²) >= 11 is 0. The van der Waals surface area contributed by atoms with Gasteiger partial charge in [-0.1, -0.05) is 29.8 Å². The number of carbonyl (C=O) groups excluding carboxylic acids is 1. The molecule has 2 heterocycles. The SMILES string of the molecule is CCOc1ccc([C@@H]2c3cccn3CCN2C(=O)Nc2ccc(C)cc2)cc1. The molecule has 1 aromatic heterocycles. The van der Waals surface area contributed by atoms with E-state index in [9.17, 15) is 4.79 Å². The van der Waals surface area contributed by atoms with Crippen LogP contribution in [0.4, 0.5) is 10.5 Å². The number of aryl methyl sites for hydroxylation is 1. The van der Waals surface area contributed by atoms with Gasteiger partial charge in [0.15, 0.2) is 0 Å². The summed E-state index contributed by atoms with van der Waals surface area (Å²) in [6, 6.07) is 19.8. The number of hydrogen-bond donors (Lipinski definition) is 1. The van der Waals surface area contributed by atoms with Crippen LogP contribution in [0.2, 0.25) is 0 Å². The van der Waals surface area contributed by atoms with Crippen LogP contribution in [0, 0.1) is 6.92 Å². The molecule has 144 valence electrons. The molecule has 1 aliphatic heterocycles. The second-order valence-corrected chi connectivity index (χ2v) is 7.02. The van der Waals surface area contributed by atoms with Crippen LogP contribution in [0.25, 0.3) is 0 Å². The minimum absolute atomic E-state index is 0.0878. The third-order valence-corrected chi connectivity index (χ3v) is 5.11. The Morgan fingerprint density at radius 2 is 1.82 bits per heavy atom. The summed E-state index contributed by atoms with van der Waals surface area (Å²) < 4.78 is 7.79. The Balaban J connectivity index is 1.63. The van der Waals surface area contributed by atoms with E-state index in [1.807, 2.05) is 73.3 Å². The van der Waals surface area contributed by atoms with Gasteiger partial charge in [0.25, 0.3) is 0 Å². The predicted molar refractivity (Wildman–Crippen MR) is 111 cm³/mol. The standard InChI is InChI=1S/C23H25N3O2/c1-3-28-20-12-8-18(9-13-20)22-21-5-4-14-25(21)15-16-26(22)23(27)24-19-10-6-17(2)7-11-19/h4-14,22H,3,15-16H2,1-2H3,(H,24,27)/t22-/m1/s1. The number of benzene rings is 2. The number of ether oxygens (including phenoxy) is 1. The lowest BCUT2D eigenvalue weighted by molar-refractivity contribution is 0.182. The molecule has 2 amide bonds. The first kappa shape index (κ1) is 18.2. The van der Waals surface area contributed by atoms with E-state index in [1.165, 1.54) is 5.56 Å². The van der Waals surface area contributed by atoms with Crippen LogP contribution in [-0.2, 0) is 6.54 Å². The molecule has 1 N–H and O–H groups in total. The van der Waals surface area contributed by atoms with Crippen molar-refractivity contribution in [3.63, 3.8) is 0 Å². The van der Waals surface area contributed by atoms with Crippen molar-refractivity contribution in [3.8, 4) is 5.75 Å². The average Bonchev–Trinajstić information content (AvgIpc) is 3.19. The van der Waals surface area contributed by atoms with E-state index < -0.39 is 0 Å². The Morgan fingerprint density at radius 1 is 1.07 bits per heavy atom. The van der Waals surface area contributed by atoms with Gasteiger partial charge in [-0.15, -0.1) is 0 Å². The van der Waals surface area contributed by atoms with E-state index in [4.69, 9.17) is 4.74 Å². The quantitative estimate of drug-likeness (QED) is 0.710. The molecule has 0 unspecified atom stereocenters. The lowest BCUT2D eigenvalue weighted by Crippen LogP contribution is -2.44. The zero-order valence-corrected chi connectivity index (χ0v) is 16.3. The molecule has 0 spiro atoms. The molecule has 5 nitrogen and oxygen atoms in total. The zero-order valence-electron chi connectivity index (χ0n) is 16.3. The molecule has 1 atom stereocenters. The molecule has 5 heteroatoms. The van der Waals surface area contributed by atoms with Gasteiger partial charge >= 0.3 is 6.03 Å². The molecule has 3 aromatic rings. The topological polar surface area (TPSA) is 46.5 Å². The van der Waals surface area contributed by atoms with Crippen molar-refractivity contribution in [1.29, 1.82) is 0 Å². The molecular formula is C23H25N3O2. The fourth-order valence-corrected chi connectivity index (χ4v) is 3.70. The number of nitrogens with zero attached hydrogens (tertiary/aromatic N) is 2. The Labute approximate surface area is 165 Å². The van der Waals surface area contributed by atoms with Gasteiger partial charge in [0.1, 0.15) is 5.75 Å². The maximum absolute atomic E-state index is 13.1. The van der Waals surface area contributed by atoms with Gasteiger partial charge in [0.05, 0.1) is 12.6 Å². The van der Waals surface area contributed by atoms with Gasteiger partial charge in [-0.3, -0.25) is 0 Å². The van der Waals surface area contributed by atoms with Crippen LogP contribution in [0.3, 0.4) is 0 Å². The summed E-state index contributed by atoms with van der Waals surface area (Å²) in [5.74, 6) is 0.841. The molecule has 1 aliphatic rings. The van der Waals surface area contributed by atoms with Crippen LogP contribution >= 0.6 is 0 Å². The zero-order chi connectivity index (χ0) is 19.5. The minimum Gasteiger partial charge on any atom is -0.494 e. The minimum atomic E-state index is -0.134. The highest BCUT2D eigenvalue weighted by Crippen LogP contribution is 2.33. The van der Waals surface area contributed by atoms with Gasteiger partial charge in [-0.05, 0) is 55.8 Å². The lowest BCUT2D eigenvalue weighted by atomic mass is 10.00. The van der Waals surface area contributed by atoms with Crippen molar-refractivity contribution in [1.82, 2.24) is 9.47 Å². The fraction of sp³-hybridized carbons (Fsp3) is 0.261. The number of rotatable bonds is 4. The third-order valence-electron chi connectivity index (χ3n) is 5.11. The van der Waals surface area contributed by atoms with Crippen LogP contribution < -0.4 is 10.1 Å². The number of fused-ring (bicyclic) bond motifs is 1. The Morgan fingerprint density at radius 3 is 2.54 bits per heavy atom. The second-order valence-electron chi connectivity index (χ2n) is 7.02. The molecular weight excluding hydrogens is 350 g/mol. The lowest BCUT2D eigenvalue weighted by Gasteiger charge is -2.37. The van der Waals surface area contributed by atoms with Crippen molar-refractivity contribution in [2.45, 2.75) is 26.4 Å². The summed E-state index contributed by atoms with van der Waals surface area (Å²) in [7, 11) is 0. The first-order valence-electron chi connectivity index (χ1n) is 9.68. The van der Waals surface area contributed by atoms with Crippen molar-refractivity contribution < 1.29 is 9.53 Å². The number of nitrogens with one attached hydrogen (secondary N) is 1. The summed E-state index contributed by atoms with van der Waals surface area (Å²) in [6.07, 6.45) is 2.08. The highest BCUT2D eigenvalue weighted by Gasteiger charge is 2.32. The molecule has 0 aliphatic carbocycles. The first-order chi connectivity index (χ1) is 13.7. The van der Waals surface area contributed by atoms with Crippen LogP contribution in [0.15, 0.2) is 66.9 Å². The molecule has 0 saturated heterocycles. The molecule has 4 rings (SSSR count). The highest BCUT2D eigenvalue weighted by atomic mass is 16.5. The van der Waals surface area contributed by atoms with Crippen LogP contribution in [0.1, 0.15) is 29.8 Å². The van der Waals surface area contributed by atoms with E-state index in [0.29, 0.717) is 13.2 Å². The average molecular weight is 375 g/mol. The number of aromatic nitrogens is 1. The molecule has 0 fully saturated rings. The van der Waals surface area contributed by atoms with Gasteiger partial charge in [0.2, 0.25) is 0 Å². The predicted octanol–water partition coefficient (Wildman–Crippen LogP) is 4.83. The molecule has 2 aromatic carbocycles. The highest BCUT2D eigenvalue weighted by molar-refractivity contribution is 5.90. The largest absolute Gasteiger partial charge is 0.494 e. The first-order valence-corrected chi connectivity index (χ1v) is 9.68. The summed E-state index contributed by atoms with van der Waals surface area (Å²) in [5, 5.41) is 3.05. The number of anilines is 1. The number of carbonyl (C=O) groups is 1. The molecule has 0 saturated carbocycles. The van der Waals surface area contributed by atoms with Crippen molar-refractivity contribution >= 4 is 11.7 Å². The Kier molecular flexibility index (Phi) is 5.06. The van der Waals surface area contributed by atoms with E-state index in [2.05, 4.69) is 22.1 Å². The number of urea groups is 1. The number of amides is 2. The van der Waals surface area contributed by atoms with Gasteiger partial charge < -0.3 is 19.5 Å². The van der Waals surface area contributed by atoms with E-state index in [-0.39, 0.29) is 12.1 Å². The second kappa shape index (κ2) is 7.80. The van der Waals surface area contributed by atoms with Crippen molar-refractivity contribution in [3.05, 3.63) is 83.7 Å². The smallest absolute Gasteiger partial charge is 0.322 e. The van der Waals surface area contributed by atoms with Gasteiger partial charge in [-0.2, -0.15) is 0 Å². The molecule has 0 bridgehead atoms. The van der Waals surface area contributed by atoms with Crippen LogP contribution in [0.5, 0.6) is 5.75 Å². The Bertz CT molecular complexity index is 945. The fourth-order valence-electron chi connectivity index (χ4n) is 3.70. The van der Waals surface area contributed by atoms with Crippen LogP contribution in [-0.4, -0.2) is 28.6 Å². The van der Waals surface area contributed by atoms with Crippen molar-refractivity contribution in [2.75, 3.05) is 18.5 Å². The third kappa shape index (κ3) is 3.60. The summed E-state index contributed by atoms with van der Waals surface area (Å²) in [5.41, 5.74) is 4.17. The van der Waals surface area contributed by atoms with Gasteiger partial charge in [0, 0.05) is 30.7 Å². The monoisotopic (exact) mass is 375 g/mol. The summed E-state index contributed by atoms with van der Waals surface area (Å²) in [4.78, 5) is 15.0. The normalized spacial score (nSPS) is 15.8. The Hall–Kier alpha value is -3.21. The number of hydrogen-bond acceptors (Lipinski definition) is 2. The van der Waals surface area contributed by atoms with E-state index in [0.717, 1.165) is 29.2 Å². The maximum Gasteiger partial charge on any atom is 0.322 e. The van der Waals surface area contributed by atoms with Crippen molar-refractivity contribution in [2.24, 2.45) is 0 Å². The van der Waals surface area contributed by atoms with E-state index in [1.54, 1.807) is 0 Å². The van der Waals surface area contributed by atoms with E-state index >= 15 is 0 Å². The molecule has 28 heavy (non-hydrogen) atoms. The van der Waals surface area contributed by atoms with Gasteiger partial charge in [-0.25, -0.2) is 4.79 Å². The molecule has 0 radical (unpaired) electrons.